The molecule has 2 aliphatic carbocycles. The van der Waals surface area contributed by atoms with Crippen molar-refractivity contribution in [1.29, 1.82) is 0 Å². The zero-order valence-electron chi connectivity index (χ0n) is 12.2. The zero-order valence-corrected chi connectivity index (χ0v) is 13.0. The number of rotatable bonds is 3. The predicted molar refractivity (Wildman–Crippen MR) is 79.3 cm³/mol. The SMILES string of the molecule is O=C(NC1CC2(CCN(C(=O)C3(F)CC3)C2)C1)c1cscn1. The van der Waals surface area contributed by atoms with Crippen molar-refractivity contribution in [3.63, 3.8) is 0 Å². The first kappa shape index (κ1) is 14.1. The number of nitrogens with zero attached hydrogens (tertiary/aromatic N) is 2. The fraction of sp³-hybridized carbons (Fsp3) is 0.667. The van der Waals surface area contributed by atoms with Crippen molar-refractivity contribution in [2.24, 2.45) is 5.41 Å². The average Bonchev–Trinajstić information content (AvgIpc) is 2.94. The lowest BCUT2D eigenvalue weighted by Crippen LogP contribution is -2.52. The monoisotopic (exact) mass is 323 g/mol. The Kier molecular flexibility index (Phi) is 3.04. The maximum atomic E-state index is 13.9. The average molecular weight is 323 g/mol. The van der Waals surface area contributed by atoms with E-state index in [-0.39, 0.29) is 23.3 Å². The molecular weight excluding hydrogens is 305 g/mol. The quantitative estimate of drug-likeness (QED) is 0.922. The first-order chi connectivity index (χ1) is 10.5. The number of hydrogen-bond acceptors (Lipinski definition) is 4. The molecule has 1 aromatic heterocycles. The van der Waals surface area contributed by atoms with E-state index in [1.54, 1.807) is 15.8 Å². The van der Waals surface area contributed by atoms with Crippen LogP contribution < -0.4 is 5.32 Å². The summed E-state index contributed by atoms with van der Waals surface area (Å²) in [5.74, 6) is -0.452. The first-order valence-corrected chi connectivity index (χ1v) is 8.61. The number of alkyl halides is 1. The van der Waals surface area contributed by atoms with E-state index in [2.05, 4.69) is 10.3 Å². The Morgan fingerprint density at radius 2 is 2.14 bits per heavy atom. The van der Waals surface area contributed by atoms with Gasteiger partial charge < -0.3 is 10.2 Å². The molecule has 3 aliphatic rings. The van der Waals surface area contributed by atoms with Crippen LogP contribution in [0.3, 0.4) is 0 Å². The number of hydrogen-bond donors (Lipinski definition) is 1. The van der Waals surface area contributed by atoms with Crippen molar-refractivity contribution < 1.29 is 14.0 Å². The number of carbonyl (C=O) groups is 2. The van der Waals surface area contributed by atoms with Crippen molar-refractivity contribution in [2.75, 3.05) is 13.1 Å². The molecule has 0 aromatic carbocycles. The molecule has 0 unspecified atom stereocenters. The van der Waals surface area contributed by atoms with Gasteiger partial charge in [-0.05, 0) is 37.5 Å². The molecule has 0 radical (unpaired) electrons. The number of nitrogens with one attached hydrogen (secondary N) is 1. The van der Waals surface area contributed by atoms with E-state index in [0.29, 0.717) is 31.6 Å². The number of amides is 2. The van der Waals surface area contributed by atoms with Gasteiger partial charge in [0, 0.05) is 24.5 Å². The van der Waals surface area contributed by atoms with E-state index >= 15 is 0 Å². The molecule has 3 fully saturated rings. The molecule has 0 bridgehead atoms. The van der Waals surface area contributed by atoms with Gasteiger partial charge in [-0.1, -0.05) is 0 Å². The van der Waals surface area contributed by atoms with E-state index in [1.807, 2.05) is 0 Å². The third-order valence-electron chi connectivity index (χ3n) is 5.16. The highest BCUT2D eigenvalue weighted by Crippen LogP contribution is 2.50. The normalized spacial score (nSPS) is 31.9. The molecule has 1 spiro atoms. The molecule has 2 heterocycles. The topological polar surface area (TPSA) is 62.3 Å². The molecule has 0 atom stereocenters. The van der Waals surface area contributed by atoms with Crippen LogP contribution in [-0.2, 0) is 4.79 Å². The third kappa shape index (κ3) is 2.31. The van der Waals surface area contributed by atoms with Crippen LogP contribution in [0.5, 0.6) is 0 Å². The summed E-state index contributed by atoms with van der Waals surface area (Å²) < 4.78 is 13.9. The second kappa shape index (κ2) is 4.75. The van der Waals surface area contributed by atoms with Crippen molar-refractivity contribution in [1.82, 2.24) is 15.2 Å². The van der Waals surface area contributed by atoms with Crippen LogP contribution in [0.2, 0.25) is 0 Å². The number of thiazole rings is 1. The van der Waals surface area contributed by atoms with Gasteiger partial charge in [-0.25, -0.2) is 9.37 Å². The van der Waals surface area contributed by atoms with Gasteiger partial charge in [-0.3, -0.25) is 9.59 Å². The molecule has 2 amide bonds. The van der Waals surface area contributed by atoms with Crippen LogP contribution in [0.15, 0.2) is 10.9 Å². The summed E-state index contributed by atoms with van der Waals surface area (Å²) >= 11 is 1.40. The van der Waals surface area contributed by atoms with E-state index in [4.69, 9.17) is 0 Å². The summed E-state index contributed by atoms with van der Waals surface area (Å²) in [6.07, 6.45) is 3.40. The largest absolute Gasteiger partial charge is 0.348 e. The second-order valence-electron chi connectivity index (χ2n) is 6.89. The summed E-state index contributed by atoms with van der Waals surface area (Å²) in [6, 6.07) is 0.143. The summed E-state index contributed by atoms with van der Waals surface area (Å²) in [4.78, 5) is 29.7. The molecule has 22 heavy (non-hydrogen) atoms. The fourth-order valence-corrected chi connectivity index (χ4v) is 4.25. The van der Waals surface area contributed by atoms with Gasteiger partial charge in [0.15, 0.2) is 5.67 Å². The Morgan fingerprint density at radius 1 is 1.36 bits per heavy atom. The van der Waals surface area contributed by atoms with E-state index in [1.165, 1.54) is 11.3 Å². The molecule has 1 saturated heterocycles. The number of halogens is 1. The standard InChI is InChI=1S/C15H18FN3O2S/c16-15(1-2-15)13(21)19-4-3-14(8-19)5-10(6-14)18-12(20)11-7-22-9-17-11/h7,9-10H,1-6,8H2,(H,18,20). The third-order valence-corrected chi connectivity index (χ3v) is 5.74. The lowest BCUT2D eigenvalue weighted by atomic mass is 9.65. The molecule has 7 heteroatoms. The van der Waals surface area contributed by atoms with Crippen LogP contribution in [-0.4, -0.2) is 46.5 Å². The summed E-state index contributed by atoms with van der Waals surface area (Å²) in [6.45, 7) is 1.29. The molecule has 5 nitrogen and oxygen atoms in total. The van der Waals surface area contributed by atoms with Crippen LogP contribution >= 0.6 is 11.3 Å². The summed E-state index contributed by atoms with van der Waals surface area (Å²) in [5, 5.41) is 4.72. The Labute approximate surface area is 131 Å². The predicted octanol–water partition coefficient (Wildman–Crippen LogP) is 1.76. The Bertz CT molecular complexity index is 608. The van der Waals surface area contributed by atoms with Crippen LogP contribution in [0, 0.1) is 5.41 Å². The van der Waals surface area contributed by atoms with Gasteiger partial charge in [0.25, 0.3) is 11.8 Å². The lowest BCUT2D eigenvalue weighted by Gasteiger charge is -2.45. The lowest BCUT2D eigenvalue weighted by molar-refractivity contribution is -0.137. The molecule has 4 rings (SSSR count). The summed E-state index contributed by atoms with van der Waals surface area (Å²) in [7, 11) is 0. The minimum atomic E-state index is -1.56. The van der Waals surface area contributed by atoms with Crippen molar-refractivity contribution in [3.8, 4) is 0 Å². The Morgan fingerprint density at radius 3 is 2.77 bits per heavy atom. The highest BCUT2D eigenvalue weighted by Gasteiger charge is 2.57. The molecule has 1 N–H and O–H groups in total. The number of aromatic nitrogens is 1. The zero-order chi connectivity index (χ0) is 15.4. The van der Waals surface area contributed by atoms with E-state index in [9.17, 15) is 14.0 Å². The summed E-state index contributed by atoms with van der Waals surface area (Å²) in [5.41, 5.74) is 0.624. The van der Waals surface area contributed by atoms with Gasteiger partial charge in [0.1, 0.15) is 5.69 Å². The van der Waals surface area contributed by atoms with Crippen LogP contribution in [0.25, 0.3) is 0 Å². The van der Waals surface area contributed by atoms with Crippen LogP contribution in [0.4, 0.5) is 4.39 Å². The molecule has 1 aliphatic heterocycles. The molecular formula is C15H18FN3O2S. The van der Waals surface area contributed by atoms with Crippen LogP contribution in [0.1, 0.15) is 42.6 Å². The smallest absolute Gasteiger partial charge is 0.270 e. The van der Waals surface area contributed by atoms with Gasteiger partial charge >= 0.3 is 0 Å². The van der Waals surface area contributed by atoms with Gasteiger partial charge in [-0.15, -0.1) is 11.3 Å². The molecule has 1 aromatic rings. The van der Waals surface area contributed by atoms with Crippen molar-refractivity contribution in [3.05, 3.63) is 16.6 Å². The fourth-order valence-electron chi connectivity index (χ4n) is 3.72. The maximum absolute atomic E-state index is 13.9. The first-order valence-electron chi connectivity index (χ1n) is 7.67. The van der Waals surface area contributed by atoms with Gasteiger partial charge in [0.05, 0.1) is 5.51 Å². The minimum Gasteiger partial charge on any atom is -0.348 e. The second-order valence-corrected chi connectivity index (χ2v) is 7.61. The minimum absolute atomic E-state index is 0.0843. The Hall–Kier alpha value is -1.50. The van der Waals surface area contributed by atoms with Crippen molar-refractivity contribution >= 4 is 23.2 Å². The van der Waals surface area contributed by atoms with Gasteiger partial charge in [-0.2, -0.15) is 0 Å². The van der Waals surface area contributed by atoms with Crippen molar-refractivity contribution in [2.45, 2.75) is 43.8 Å². The Balaban J connectivity index is 1.30. The highest BCUT2D eigenvalue weighted by atomic mass is 32.1. The number of likely N-dealkylation sites (tertiary alicyclic amines) is 1. The van der Waals surface area contributed by atoms with E-state index in [0.717, 1.165) is 19.3 Å². The number of carbonyl (C=O) groups excluding carboxylic acids is 2. The highest BCUT2D eigenvalue weighted by molar-refractivity contribution is 7.07. The molecule has 118 valence electrons. The maximum Gasteiger partial charge on any atom is 0.270 e. The molecule has 2 saturated carbocycles. The van der Waals surface area contributed by atoms with E-state index < -0.39 is 5.67 Å². The van der Waals surface area contributed by atoms with Gasteiger partial charge in [0.2, 0.25) is 0 Å².